The van der Waals surface area contributed by atoms with Gasteiger partial charge in [-0.05, 0) is 91.1 Å². The molecule has 42 heavy (non-hydrogen) atoms. The van der Waals surface area contributed by atoms with E-state index in [2.05, 4.69) is 35.1 Å². The van der Waals surface area contributed by atoms with Crippen molar-refractivity contribution in [2.75, 3.05) is 22.9 Å². The number of nitrogens with one attached hydrogen (secondary N) is 1. The normalized spacial score (nSPS) is 22.3. The molecule has 0 radical (unpaired) electrons. The van der Waals surface area contributed by atoms with Crippen molar-refractivity contribution >= 4 is 57.9 Å². The van der Waals surface area contributed by atoms with E-state index >= 15 is 0 Å². The zero-order valence-corrected chi connectivity index (χ0v) is 25.5. The molecule has 7 nitrogen and oxygen atoms in total. The fraction of sp³-hybridized carbons (Fsp3) is 0.281. The minimum Gasteiger partial charge on any atom is -0.478 e. The van der Waals surface area contributed by atoms with Gasteiger partial charge in [0.05, 0.1) is 33.0 Å². The van der Waals surface area contributed by atoms with Gasteiger partial charge < -0.3 is 24.6 Å². The van der Waals surface area contributed by atoms with E-state index in [-0.39, 0.29) is 11.6 Å². The predicted octanol–water partition coefficient (Wildman–Crippen LogP) is 8.01. The molecule has 0 aliphatic carbocycles. The predicted molar refractivity (Wildman–Crippen MR) is 171 cm³/mol. The molecular weight excluding hydrogens is 591 g/mol. The van der Waals surface area contributed by atoms with Crippen LogP contribution in [0.5, 0.6) is 0 Å². The topological polar surface area (TPSA) is 81.8 Å². The second kappa shape index (κ2) is 11.6. The molecule has 6 rings (SSSR count). The number of carbonyl (C=O) groups is 1. The van der Waals surface area contributed by atoms with E-state index in [0.29, 0.717) is 44.1 Å². The third-order valence-corrected chi connectivity index (χ3v) is 8.86. The third kappa shape index (κ3) is 5.46. The first-order valence-electron chi connectivity index (χ1n) is 13.9. The number of pyridine rings is 1. The summed E-state index contributed by atoms with van der Waals surface area (Å²) < 4.78 is 6.41. The summed E-state index contributed by atoms with van der Waals surface area (Å²) in [4.78, 5) is 20.6. The van der Waals surface area contributed by atoms with Gasteiger partial charge in [-0.15, -0.1) is 0 Å². The van der Waals surface area contributed by atoms with E-state index < -0.39 is 12.0 Å². The summed E-state index contributed by atoms with van der Waals surface area (Å²) in [7, 11) is 0. The number of aromatic nitrogens is 1. The lowest BCUT2D eigenvalue weighted by molar-refractivity contribution is 0.0697. The van der Waals surface area contributed by atoms with Crippen LogP contribution in [0.15, 0.2) is 77.3 Å². The van der Waals surface area contributed by atoms with Gasteiger partial charge in [-0.2, -0.15) is 0 Å². The minimum atomic E-state index is -1.04. The van der Waals surface area contributed by atoms with Crippen LogP contribution in [0.4, 0.5) is 11.4 Å². The van der Waals surface area contributed by atoms with Crippen LogP contribution in [-0.2, 0) is 0 Å². The van der Waals surface area contributed by atoms with E-state index in [9.17, 15) is 9.90 Å². The molecule has 0 amide bonds. The van der Waals surface area contributed by atoms with Crippen LogP contribution in [0.1, 0.15) is 54.2 Å². The van der Waals surface area contributed by atoms with E-state index in [1.54, 1.807) is 18.3 Å². The molecule has 2 aliphatic rings. The molecule has 2 N–H and O–H groups in total. The van der Waals surface area contributed by atoms with Crippen molar-refractivity contribution in [3.05, 3.63) is 100.0 Å². The van der Waals surface area contributed by atoms with Gasteiger partial charge in [-0.1, -0.05) is 43.1 Å². The average Bonchev–Trinajstić information content (AvgIpc) is 3.57. The average molecular weight is 622 g/mol. The quantitative estimate of drug-likeness (QED) is 0.210. The molecular formula is C32H30Cl2N4O3S. The smallest absolute Gasteiger partial charge is 0.335 e. The van der Waals surface area contributed by atoms with Crippen LogP contribution in [-0.4, -0.2) is 34.3 Å². The van der Waals surface area contributed by atoms with Gasteiger partial charge in [0.25, 0.3) is 0 Å². The highest BCUT2D eigenvalue weighted by atomic mass is 35.5. The van der Waals surface area contributed by atoms with Gasteiger partial charge in [0, 0.05) is 30.5 Å². The number of carboxylic acid groups (broad SMARTS) is 1. The molecule has 0 unspecified atom stereocenters. The van der Waals surface area contributed by atoms with Crippen molar-refractivity contribution in [2.45, 2.75) is 32.4 Å². The number of piperidine rings is 1. The first kappa shape index (κ1) is 28.5. The zero-order chi connectivity index (χ0) is 29.5. The molecule has 2 aromatic carbocycles. The number of carboxylic acids is 1. The lowest BCUT2D eigenvalue weighted by Crippen LogP contribution is -2.38. The molecule has 0 spiro atoms. The van der Waals surface area contributed by atoms with Crippen molar-refractivity contribution in [3.63, 3.8) is 0 Å². The number of rotatable bonds is 6. The number of aromatic carboxylic acids is 1. The summed E-state index contributed by atoms with van der Waals surface area (Å²) in [6.45, 7) is 6.51. The summed E-state index contributed by atoms with van der Waals surface area (Å²) >= 11 is 19.3. The highest BCUT2D eigenvalue weighted by Crippen LogP contribution is 2.45. The Morgan fingerprint density at radius 2 is 1.81 bits per heavy atom. The molecule has 0 saturated carbocycles. The third-order valence-electron chi connectivity index (χ3n) is 7.91. The number of hydrogen-bond donors (Lipinski definition) is 2. The maximum atomic E-state index is 11.6. The zero-order valence-electron chi connectivity index (χ0n) is 23.1. The molecule has 4 heterocycles. The fourth-order valence-electron chi connectivity index (χ4n) is 6.19. The highest BCUT2D eigenvalue weighted by molar-refractivity contribution is 7.80. The highest BCUT2D eigenvalue weighted by Gasteiger charge is 2.43. The molecule has 4 atom stereocenters. The van der Waals surface area contributed by atoms with E-state index in [0.717, 1.165) is 30.2 Å². The maximum Gasteiger partial charge on any atom is 0.335 e. The Labute approximate surface area is 260 Å². The van der Waals surface area contributed by atoms with Gasteiger partial charge in [0.2, 0.25) is 0 Å². The molecule has 2 aliphatic heterocycles. The van der Waals surface area contributed by atoms with Gasteiger partial charge in [-0.3, -0.25) is 4.98 Å². The van der Waals surface area contributed by atoms with Gasteiger partial charge >= 0.3 is 5.97 Å². The summed E-state index contributed by atoms with van der Waals surface area (Å²) in [5.41, 5.74) is 3.26. The van der Waals surface area contributed by atoms with E-state index in [4.69, 9.17) is 39.8 Å². The van der Waals surface area contributed by atoms with Crippen LogP contribution < -0.4 is 15.1 Å². The van der Waals surface area contributed by atoms with E-state index in [1.807, 2.05) is 41.3 Å². The second-order valence-electron chi connectivity index (χ2n) is 11.2. The Hall–Kier alpha value is -3.59. The number of hydrogen-bond acceptors (Lipinski definition) is 5. The summed E-state index contributed by atoms with van der Waals surface area (Å²) in [5, 5.41) is 14.5. The fourth-order valence-corrected chi connectivity index (χ4v) is 7.04. The van der Waals surface area contributed by atoms with Crippen LogP contribution in [0.3, 0.4) is 0 Å². The van der Waals surface area contributed by atoms with Gasteiger partial charge in [0.1, 0.15) is 17.6 Å². The number of halogens is 2. The lowest BCUT2D eigenvalue weighted by Gasteiger charge is -2.37. The monoisotopic (exact) mass is 620 g/mol. The molecule has 0 bridgehead atoms. The molecule has 10 heteroatoms. The van der Waals surface area contributed by atoms with Crippen molar-refractivity contribution < 1.29 is 14.3 Å². The molecule has 4 aromatic rings. The Kier molecular flexibility index (Phi) is 7.87. The Bertz CT molecular complexity index is 1640. The Morgan fingerprint density at radius 1 is 1.02 bits per heavy atom. The summed E-state index contributed by atoms with van der Waals surface area (Å²) in [6, 6.07) is 19.3. The summed E-state index contributed by atoms with van der Waals surface area (Å²) in [6.07, 6.45) is 2.96. The molecule has 216 valence electrons. The number of nitrogens with zero attached hydrogens (tertiary/aromatic N) is 3. The minimum absolute atomic E-state index is 0.122. The summed E-state index contributed by atoms with van der Waals surface area (Å²) in [5.74, 6) is 1.23. The van der Waals surface area contributed by atoms with Gasteiger partial charge in [-0.25, -0.2) is 4.79 Å². The number of anilines is 2. The largest absolute Gasteiger partial charge is 0.478 e. The SMILES string of the molecule is C[C@@H]1C[C@H](C)CN(c2ccc(N3C(=S)N[C@@H](c4ccccn4)[C@H]3c3ccc(-c4cc(C(=O)O)ccc4Cl)o3)cc2Cl)C1. The van der Waals surface area contributed by atoms with Crippen molar-refractivity contribution in [1.82, 2.24) is 10.3 Å². The van der Waals surface area contributed by atoms with Crippen molar-refractivity contribution in [3.8, 4) is 11.3 Å². The van der Waals surface area contributed by atoms with Crippen molar-refractivity contribution in [1.29, 1.82) is 0 Å². The van der Waals surface area contributed by atoms with Crippen LogP contribution in [0.2, 0.25) is 10.0 Å². The lowest BCUT2D eigenvalue weighted by atomic mass is 9.91. The molecule has 2 fully saturated rings. The maximum absolute atomic E-state index is 11.6. The Balaban J connectivity index is 1.40. The first-order chi connectivity index (χ1) is 20.2. The first-order valence-corrected chi connectivity index (χ1v) is 15.0. The van der Waals surface area contributed by atoms with Gasteiger partial charge in [0.15, 0.2) is 5.11 Å². The number of benzene rings is 2. The Morgan fingerprint density at radius 3 is 2.50 bits per heavy atom. The van der Waals surface area contributed by atoms with E-state index in [1.165, 1.54) is 18.6 Å². The van der Waals surface area contributed by atoms with Crippen LogP contribution >= 0.6 is 35.4 Å². The standard InChI is InChI=1S/C32H30Cl2N4O3S/c1-18-13-19(2)17-37(16-18)26-9-7-21(15-24(26)34)38-30(29(36-32(38)42)25-5-3-4-12-35-25)28-11-10-27(41-28)22-14-20(31(39)40)6-8-23(22)33/h3-12,14-15,18-19,29-30H,13,16-17H2,1-2H3,(H,36,42)(H,39,40)/t18-,19+,29-,30+/m0/s1. The van der Waals surface area contributed by atoms with Crippen LogP contribution in [0, 0.1) is 11.8 Å². The number of furan rings is 1. The molecule has 2 aromatic heterocycles. The molecule has 2 saturated heterocycles. The second-order valence-corrected chi connectivity index (χ2v) is 12.4. The number of thiocarbonyl (C=S) groups is 1. The van der Waals surface area contributed by atoms with Crippen molar-refractivity contribution in [2.24, 2.45) is 11.8 Å². The van der Waals surface area contributed by atoms with Crippen LogP contribution in [0.25, 0.3) is 11.3 Å².